The number of benzene rings is 1. The van der Waals surface area contributed by atoms with E-state index < -0.39 is 11.8 Å². The van der Waals surface area contributed by atoms with Gasteiger partial charge in [0.1, 0.15) is 5.82 Å². The van der Waals surface area contributed by atoms with Crippen LogP contribution < -0.4 is 4.90 Å². The molecule has 0 radical (unpaired) electrons. The first-order chi connectivity index (χ1) is 8.09. The Balaban J connectivity index is 2.21. The van der Waals surface area contributed by atoms with Crippen molar-refractivity contribution >= 4 is 11.7 Å². The lowest BCUT2D eigenvalue weighted by Gasteiger charge is -2.26. The summed E-state index contributed by atoms with van der Waals surface area (Å²) in [5.74, 6) is -1.89. The van der Waals surface area contributed by atoms with Gasteiger partial charge in [0, 0.05) is 18.8 Å². The molecule has 2 rings (SSSR count). The number of carbonyl (C=O) groups is 1. The summed E-state index contributed by atoms with van der Waals surface area (Å²) in [6.45, 7) is 0. The minimum atomic E-state index is -1.22. The summed E-state index contributed by atoms with van der Waals surface area (Å²) in [5.41, 5.74) is 0.480. The van der Waals surface area contributed by atoms with Gasteiger partial charge in [0.15, 0.2) is 0 Å². The molecule has 1 fully saturated rings. The molecule has 17 heavy (non-hydrogen) atoms. The zero-order chi connectivity index (χ0) is 12.4. The fourth-order valence-corrected chi connectivity index (χ4v) is 2.40. The van der Waals surface area contributed by atoms with E-state index in [-0.39, 0.29) is 5.56 Å². The molecule has 0 aromatic heterocycles. The molecule has 1 aliphatic rings. The van der Waals surface area contributed by atoms with Crippen LogP contribution in [0.4, 0.5) is 10.1 Å². The Morgan fingerprint density at radius 1 is 1.41 bits per heavy atom. The zero-order valence-electron chi connectivity index (χ0n) is 9.82. The lowest BCUT2D eigenvalue weighted by molar-refractivity contribution is 0.0692. The van der Waals surface area contributed by atoms with Gasteiger partial charge >= 0.3 is 5.97 Å². The van der Waals surface area contributed by atoms with E-state index >= 15 is 0 Å². The molecule has 92 valence electrons. The van der Waals surface area contributed by atoms with Gasteiger partial charge in [-0.05, 0) is 31.0 Å². The molecule has 0 unspecified atom stereocenters. The van der Waals surface area contributed by atoms with Crippen LogP contribution in [0.5, 0.6) is 0 Å². The van der Waals surface area contributed by atoms with Gasteiger partial charge < -0.3 is 10.0 Å². The third-order valence-electron chi connectivity index (χ3n) is 3.46. The SMILES string of the molecule is CN(c1ccc(C(=O)O)c(F)c1)C1CCCC1. The minimum absolute atomic E-state index is 0.270. The van der Waals surface area contributed by atoms with Crippen molar-refractivity contribution in [1.82, 2.24) is 0 Å². The summed E-state index contributed by atoms with van der Waals surface area (Å²) < 4.78 is 13.5. The van der Waals surface area contributed by atoms with Crippen molar-refractivity contribution < 1.29 is 14.3 Å². The van der Waals surface area contributed by atoms with Crippen molar-refractivity contribution in [3.05, 3.63) is 29.6 Å². The van der Waals surface area contributed by atoms with Crippen LogP contribution in [0.25, 0.3) is 0 Å². The highest BCUT2D eigenvalue weighted by atomic mass is 19.1. The highest BCUT2D eigenvalue weighted by Crippen LogP contribution is 2.27. The molecular weight excluding hydrogens is 221 g/mol. The molecule has 4 heteroatoms. The summed E-state index contributed by atoms with van der Waals surface area (Å²) >= 11 is 0. The normalized spacial score (nSPS) is 16.1. The summed E-state index contributed by atoms with van der Waals surface area (Å²) in [7, 11) is 1.94. The van der Waals surface area contributed by atoms with Gasteiger partial charge in [-0.25, -0.2) is 9.18 Å². The maximum Gasteiger partial charge on any atom is 0.338 e. The predicted octanol–water partition coefficient (Wildman–Crippen LogP) is 2.90. The van der Waals surface area contributed by atoms with Crippen LogP contribution in [0.2, 0.25) is 0 Å². The highest BCUT2D eigenvalue weighted by molar-refractivity contribution is 5.88. The average Bonchev–Trinajstić information content (AvgIpc) is 2.80. The van der Waals surface area contributed by atoms with Crippen molar-refractivity contribution in [2.75, 3.05) is 11.9 Å². The highest BCUT2D eigenvalue weighted by Gasteiger charge is 2.21. The first kappa shape index (κ1) is 11.9. The van der Waals surface area contributed by atoms with Crippen LogP contribution in [-0.2, 0) is 0 Å². The van der Waals surface area contributed by atoms with Crippen LogP contribution in [0, 0.1) is 5.82 Å². The number of anilines is 1. The Morgan fingerprint density at radius 3 is 2.59 bits per heavy atom. The van der Waals surface area contributed by atoms with Gasteiger partial charge in [0.05, 0.1) is 5.56 Å². The smallest absolute Gasteiger partial charge is 0.338 e. The number of rotatable bonds is 3. The van der Waals surface area contributed by atoms with Crippen LogP contribution in [0.3, 0.4) is 0 Å². The number of aromatic carboxylic acids is 1. The number of hydrogen-bond donors (Lipinski definition) is 1. The first-order valence-electron chi connectivity index (χ1n) is 5.85. The summed E-state index contributed by atoms with van der Waals surface area (Å²) in [6.07, 6.45) is 4.67. The Morgan fingerprint density at radius 2 is 2.06 bits per heavy atom. The predicted molar refractivity (Wildman–Crippen MR) is 64.0 cm³/mol. The molecular formula is C13H16FNO2. The molecule has 0 heterocycles. The Labute approximate surface area is 99.9 Å². The minimum Gasteiger partial charge on any atom is -0.478 e. The molecule has 0 saturated heterocycles. The zero-order valence-corrected chi connectivity index (χ0v) is 9.82. The van der Waals surface area contributed by atoms with Crippen LogP contribution >= 0.6 is 0 Å². The maximum absolute atomic E-state index is 13.5. The molecule has 0 spiro atoms. The fourth-order valence-electron chi connectivity index (χ4n) is 2.40. The monoisotopic (exact) mass is 237 g/mol. The van der Waals surface area contributed by atoms with E-state index in [4.69, 9.17) is 5.11 Å². The van der Waals surface area contributed by atoms with Gasteiger partial charge in [-0.3, -0.25) is 0 Å². The van der Waals surface area contributed by atoms with Crippen molar-refractivity contribution in [1.29, 1.82) is 0 Å². The van der Waals surface area contributed by atoms with Crippen molar-refractivity contribution in [3.63, 3.8) is 0 Å². The lowest BCUT2D eigenvalue weighted by atomic mass is 10.1. The van der Waals surface area contributed by atoms with E-state index in [0.29, 0.717) is 6.04 Å². The van der Waals surface area contributed by atoms with Crippen molar-refractivity contribution in [2.24, 2.45) is 0 Å². The number of nitrogens with zero attached hydrogens (tertiary/aromatic N) is 1. The molecule has 1 saturated carbocycles. The number of carboxylic acid groups (broad SMARTS) is 1. The molecule has 3 nitrogen and oxygen atoms in total. The number of hydrogen-bond acceptors (Lipinski definition) is 2. The summed E-state index contributed by atoms with van der Waals surface area (Å²) in [4.78, 5) is 12.7. The quantitative estimate of drug-likeness (QED) is 0.878. The Bertz CT molecular complexity index is 427. The third kappa shape index (κ3) is 2.40. The van der Waals surface area contributed by atoms with Crippen molar-refractivity contribution in [3.8, 4) is 0 Å². The third-order valence-corrected chi connectivity index (χ3v) is 3.46. The standard InChI is InChI=1S/C13H16FNO2/c1-15(9-4-2-3-5-9)10-6-7-11(13(16)17)12(14)8-10/h6-9H,2-5H2,1H3,(H,16,17). The Kier molecular flexibility index (Phi) is 3.31. The van der Waals surface area contributed by atoms with E-state index in [1.54, 1.807) is 6.07 Å². The second-order valence-electron chi connectivity index (χ2n) is 4.52. The van der Waals surface area contributed by atoms with E-state index in [1.807, 2.05) is 11.9 Å². The molecule has 1 aromatic rings. The van der Waals surface area contributed by atoms with Crippen LogP contribution in [0.1, 0.15) is 36.0 Å². The lowest BCUT2D eigenvalue weighted by Crippen LogP contribution is -2.28. The second kappa shape index (κ2) is 4.73. The van der Waals surface area contributed by atoms with Gasteiger partial charge in [-0.15, -0.1) is 0 Å². The summed E-state index contributed by atoms with van der Waals surface area (Å²) in [6, 6.07) is 4.76. The van der Waals surface area contributed by atoms with E-state index in [2.05, 4.69) is 0 Å². The van der Waals surface area contributed by atoms with Gasteiger partial charge in [-0.1, -0.05) is 12.8 Å². The largest absolute Gasteiger partial charge is 0.478 e. The molecule has 1 aliphatic carbocycles. The molecule has 0 aliphatic heterocycles. The maximum atomic E-state index is 13.5. The molecule has 0 amide bonds. The van der Waals surface area contributed by atoms with E-state index in [9.17, 15) is 9.18 Å². The fraction of sp³-hybridized carbons (Fsp3) is 0.462. The second-order valence-corrected chi connectivity index (χ2v) is 4.52. The molecule has 1 N–H and O–H groups in total. The van der Waals surface area contributed by atoms with E-state index in [1.165, 1.54) is 25.0 Å². The molecule has 0 atom stereocenters. The summed E-state index contributed by atoms with van der Waals surface area (Å²) in [5, 5.41) is 8.75. The van der Waals surface area contributed by atoms with Gasteiger partial charge in [0.2, 0.25) is 0 Å². The van der Waals surface area contributed by atoms with Gasteiger partial charge in [0.25, 0.3) is 0 Å². The van der Waals surface area contributed by atoms with E-state index in [0.717, 1.165) is 18.5 Å². The number of carboxylic acids is 1. The first-order valence-corrected chi connectivity index (χ1v) is 5.85. The average molecular weight is 237 g/mol. The van der Waals surface area contributed by atoms with Crippen LogP contribution in [0.15, 0.2) is 18.2 Å². The van der Waals surface area contributed by atoms with Gasteiger partial charge in [-0.2, -0.15) is 0 Å². The number of halogens is 1. The molecule has 1 aromatic carbocycles. The topological polar surface area (TPSA) is 40.5 Å². The van der Waals surface area contributed by atoms with Crippen molar-refractivity contribution in [2.45, 2.75) is 31.7 Å². The Hall–Kier alpha value is -1.58. The molecule has 0 bridgehead atoms. The van der Waals surface area contributed by atoms with Crippen LogP contribution in [-0.4, -0.2) is 24.2 Å².